The molecule has 1 aromatic heterocycles. The Balaban J connectivity index is 1.74. The van der Waals surface area contributed by atoms with Crippen molar-refractivity contribution in [2.75, 3.05) is 18.4 Å². The van der Waals surface area contributed by atoms with Gasteiger partial charge in [-0.05, 0) is 57.2 Å². The molecule has 0 bridgehead atoms. The first kappa shape index (κ1) is 19.5. The Kier molecular flexibility index (Phi) is 5.59. The van der Waals surface area contributed by atoms with Crippen molar-refractivity contribution >= 4 is 21.6 Å². The molecule has 2 aromatic rings. The summed E-state index contributed by atoms with van der Waals surface area (Å²) >= 11 is 0. The minimum atomic E-state index is -3.60. The summed E-state index contributed by atoms with van der Waals surface area (Å²) < 4.78 is 32.7. The molecule has 2 heterocycles. The molecule has 144 valence electrons. The van der Waals surface area contributed by atoms with E-state index >= 15 is 0 Å². The third kappa shape index (κ3) is 4.52. The number of pyridine rings is 1. The Hall–Kier alpha value is -2.29. The SMILES string of the molecule is Cc1cccc(C(=O)Nc2ccc(S(=O)(=O)N3C[C@H](C)O[C@@H](C)C3)cc2)n1. The molecule has 0 saturated carbocycles. The molecule has 1 aromatic carbocycles. The number of carbonyl (C=O) groups excluding carboxylic acids is 1. The van der Waals surface area contributed by atoms with Gasteiger partial charge < -0.3 is 10.1 Å². The van der Waals surface area contributed by atoms with Crippen molar-refractivity contribution < 1.29 is 17.9 Å². The van der Waals surface area contributed by atoms with Crippen LogP contribution in [-0.4, -0.2) is 48.9 Å². The quantitative estimate of drug-likeness (QED) is 0.868. The number of benzene rings is 1. The summed E-state index contributed by atoms with van der Waals surface area (Å²) in [5, 5.41) is 2.73. The predicted octanol–water partition coefficient (Wildman–Crippen LogP) is 2.44. The lowest BCUT2D eigenvalue weighted by atomic mass is 10.2. The van der Waals surface area contributed by atoms with E-state index in [1.54, 1.807) is 24.3 Å². The van der Waals surface area contributed by atoms with E-state index in [-0.39, 0.29) is 23.0 Å². The Morgan fingerprint density at radius 2 is 1.74 bits per heavy atom. The van der Waals surface area contributed by atoms with Gasteiger partial charge in [0.2, 0.25) is 10.0 Å². The van der Waals surface area contributed by atoms with Gasteiger partial charge in [0.05, 0.1) is 17.1 Å². The van der Waals surface area contributed by atoms with Crippen LogP contribution in [0.25, 0.3) is 0 Å². The summed E-state index contributed by atoms with van der Waals surface area (Å²) in [7, 11) is -3.60. The van der Waals surface area contributed by atoms with Crippen molar-refractivity contribution in [3.05, 3.63) is 53.9 Å². The highest BCUT2D eigenvalue weighted by molar-refractivity contribution is 7.89. The zero-order valence-electron chi connectivity index (χ0n) is 15.5. The van der Waals surface area contributed by atoms with Crippen molar-refractivity contribution in [2.24, 2.45) is 0 Å². The van der Waals surface area contributed by atoms with Gasteiger partial charge in [-0.25, -0.2) is 13.4 Å². The number of nitrogens with one attached hydrogen (secondary N) is 1. The summed E-state index contributed by atoms with van der Waals surface area (Å²) in [6, 6.07) is 11.4. The zero-order valence-corrected chi connectivity index (χ0v) is 16.4. The normalized spacial score (nSPS) is 21.0. The van der Waals surface area contributed by atoms with E-state index in [1.807, 2.05) is 26.8 Å². The fourth-order valence-electron chi connectivity index (χ4n) is 3.05. The van der Waals surface area contributed by atoms with Crippen LogP contribution < -0.4 is 5.32 Å². The van der Waals surface area contributed by atoms with Crippen molar-refractivity contribution in [3.8, 4) is 0 Å². The van der Waals surface area contributed by atoms with Gasteiger partial charge in [0, 0.05) is 24.5 Å². The van der Waals surface area contributed by atoms with Gasteiger partial charge in [0.15, 0.2) is 0 Å². The van der Waals surface area contributed by atoms with Crippen LogP contribution in [-0.2, 0) is 14.8 Å². The maximum Gasteiger partial charge on any atom is 0.274 e. The van der Waals surface area contributed by atoms with Crippen LogP contribution in [0.3, 0.4) is 0 Å². The average molecular weight is 389 g/mol. The molecule has 1 aliphatic heterocycles. The van der Waals surface area contributed by atoms with E-state index in [2.05, 4.69) is 10.3 Å². The first-order valence-electron chi connectivity index (χ1n) is 8.76. The smallest absolute Gasteiger partial charge is 0.274 e. The van der Waals surface area contributed by atoms with Crippen molar-refractivity contribution in [1.29, 1.82) is 0 Å². The monoisotopic (exact) mass is 389 g/mol. The second-order valence-electron chi connectivity index (χ2n) is 6.72. The molecule has 1 fully saturated rings. The predicted molar refractivity (Wildman–Crippen MR) is 102 cm³/mol. The number of hydrogen-bond acceptors (Lipinski definition) is 5. The molecule has 1 amide bonds. The molecule has 3 rings (SSSR count). The van der Waals surface area contributed by atoms with Gasteiger partial charge in [0.25, 0.3) is 5.91 Å². The van der Waals surface area contributed by atoms with Crippen LogP contribution in [0.2, 0.25) is 0 Å². The molecule has 1 N–H and O–H groups in total. The van der Waals surface area contributed by atoms with Gasteiger partial charge >= 0.3 is 0 Å². The van der Waals surface area contributed by atoms with E-state index in [4.69, 9.17) is 4.74 Å². The van der Waals surface area contributed by atoms with Crippen LogP contribution in [0.4, 0.5) is 5.69 Å². The summed E-state index contributed by atoms with van der Waals surface area (Å²) in [6.45, 7) is 6.17. The zero-order chi connectivity index (χ0) is 19.6. The van der Waals surface area contributed by atoms with Crippen LogP contribution in [0.1, 0.15) is 30.0 Å². The van der Waals surface area contributed by atoms with Gasteiger partial charge in [-0.3, -0.25) is 4.79 Å². The number of rotatable bonds is 4. The maximum absolute atomic E-state index is 12.8. The number of aromatic nitrogens is 1. The minimum absolute atomic E-state index is 0.149. The third-order valence-corrected chi connectivity index (χ3v) is 6.10. The largest absolute Gasteiger partial charge is 0.373 e. The highest BCUT2D eigenvalue weighted by Gasteiger charge is 2.32. The Labute approximate surface area is 159 Å². The molecule has 2 atom stereocenters. The fraction of sp³-hybridized carbons (Fsp3) is 0.368. The van der Waals surface area contributed by atoms with E-state index in [9.17, 15) is 13.2 Å². The van der Waals surface area contributed by atoms with Crippen molar-refractivity contribution in [1.82, 2.24) is 9.29 Å². The Bertz CT molecular complexity index is 918. The molecule has 0 spiro atoms. The number of anilines is 1. The maximum atomic E-state index is 12.8. The van der Waals surface area contributed by atoms with Gasteiger partial charge in [-0.2, -0.15) is 4.31 Å². The first-order chi connectivity index (χ1) is 12.8. The number of sulfonamides is 1. The minimum Gasteiger partial charge on any atom is -0.373 e. The number of morpholine rings is 1. The topological polar surface area (TPSA) is 88.6 Å². The van der Waals surface area contributed by atoms with Crippen LogP contribution in [0, 0.1) is 6.92 Å². The average Bonchev–Trinajstić information content (AvgIpc) is 2.61. The lowest BCUT2D eigenvalue weighted by Crippen LogP contribution is -2.48. The number of ether oxygens (including phenoxy) is 1. The third-order valence-electron chi connectivity index (χ3n) is 4.26. The lowest BCUT2D eigenvalue weighted by molar-refractivity contribution is -0.0440. The number of carbonyl (C=O) groups is 1. The Morgan fingerprint density at radius 3 is 2.33 bits per heavy atom. The number of hydrogen-bond donors (Lipinski definition) is 1. The second-order valence-corrected chi connectivity index (χ2v) is 8.66. The first-order valence-corrected chi connectivity index (χ1v) is 10.2. The van der Waals surface area contributed by atoms with Crippen molar-refractivity contribution in [3.63, 3.8) is 0 Å². The second kappa shape index (κ2) is 7.75. The van der Waals surface area contributed by atoms with Gasteiger partial charge in [-0.1, -0.05) is 6.07 Å². The molecular formula is C19H23N3O4S. The highest BCUT2D eigenvalue weighted by atomic mass is 32.2. The fourth-order valence-corrected chi connectivity index (χ4v) is 4.64. The lowest BCUT2D eigenvalue weighted by Gasteiger charge is -2.34. The highest BCUT2D eigenvalue weighted by Crippen LogP contribution is 2.22. The molecule has 0 unspecified atom stereocenters. The van der Waals surface area contributed by atoms with Crippen LogP contribution >= 0.6 is 0 Å². The van der Waals surface area contributed by atoms with Crippen LogP contribution in [0.5, 0.6) is 0 Å². The van der Waals surface area contributed by atoms with Crippen LogP contribution in [0.15, 0.2) is 47.4 Å². The molecule has 1 aliphatic rings. The number of amides is 1. The molecule has 0 aliphatic carbocycles. The molecular weight excluding hydrogens is 366 g/mol. The molecule has 27 heavy (non-hydrogen) atoms. The molecule has 1 saturated heterocycles. The summed E-state index contributed by atoms with van der Waals surface area (Å²) in [6.07, 6.45) is -0.298. The van der Waals surface area contributed by atoms with E-state index in [1.165, 1.54) is 16.4 Å². The standard InChI is InChI=1S/C19H23N3O4S/c1-13-5-4-6-18(20-13)19(23)21-16-7-9-17(10-8-16)27(24,25)22-11-14(2)26-15(3)12-22/h4-10,14-15H,11-12H2,1-3H3,(H,21,23)/t14-,15-/m0/s1. The molecule has 0 radical (unpaired) electrons. The van der Waals surface area contributed by atoms with Crippen molar-refractivity contribution in [2.45, 2.75) is 37.9 Å². The van der Waals surface area contributed by atoms with E-state index in [0.717, 1.165) is 5.69 Å². The molecule has 8 heteroatoms. The number of aryl methyl sites for hydroxylation is 1. The summed E-state index contributed by atoms with van der Waals surface area (Å²) in [5.41, 5.74) is 1.56. The summed E-state index contributed by atoms with van der Waals surface area (Å²) in [4.78, 5) is 16.6. The Morgan fingerprint density at radius 1 is 1.11 bits per heavy atom. The molecule has 7 nitrogen and oxygen atoms in total. The van der Waals surface area contributed by atoms with Gasteiger partial charge in [-0.15, -0.1) is 0 Å². The summed E-state index contributed by atoms with van der Waals surface area (Å²) in [5.74, 6) is -0.342. The van der Waals surface area contributed by atoms with E-state index in [0.29, 0.717) is 24.5 Å². The van der Waals surface area contributed by atoms with Gasteiger partial charge in [0.1, 0.15) is 5.69 Å². The number of nitrogens with zero attached hydrogens (tertiary/aromatic N) is 2. The van der Waals surface area contributed by atoms with E-state index < -0.39 is 10.0 Å².